The number of aryl methyl sites for hydroxylation is 1. The molecule has 0 aliphatic heterocycles. The Morgan fingerprint density at radius 2 is 1.83 bits per heavy atom. The number of aromatic nitrogens is 1. The van der Waals surface area contributed by atoms with Crippen molar-refractivity contribution in [3.63, 3.8) is 0 Å². The number of carbonyl (C=O) groups is 2. The van der Waals surface area contributed by atoms with Gasteiger partial charge in [0.2, 0.25) is 11.8 Å². The number of benzene rings is 1. The summed E-state index contributed by atoms with van der Waals surface area (Å²) in [4.78, 5) is 31.7. The zero-order chi connectivity index (χ0) is 21.5. The molecule has 1 aromatic carbocycles. The van der Waals surface area contributed by atoms with Gasteiger partial charge in [0.25, 0.3) is 0 Å². The van der Waals surface area contributed by atoms with E-state index in [9.17, 15) is 9.59 Å². The van der Waals surface area contributed by atoms with E-state index in [1.165, 1.54) is 5.56 Å². The van der Waals surface area contributed by atoms with Crippen LogP contribution in [-0.4, -0.2) is 41.8 Å². The Kier molecular flexibility index (Phi) is 7.73. The van der Waals surface area contributed by atoms with E-state index in [1.54, 1.807) is 41.6 Å². The molecule has 0 spiro atoms. The Morgan fingerprint density at radius 1 is 1.10 bits per heavy atom. The first-order chi connectivity index (χ1) is 14.4. The fraction of sp³-hybridized carbons (Fsp3) is 0.227. The second-order valence-corrected chi connectivity index (χ2v) is 8.90. The third kappa shape index (κ3) is 6.48. The van der Waals surface area contributed by atoms with Crippen LogP contribution in [-0.2, 0) is 9.59 Å². The molecule has 0 aliphatic rings. The second kappa shape index (κ2) is 10.5. The maximum Gasteiger partial charge on any atom is 0.239 e. The highest BCUT2D eigenvalue weighted by Crippen LogP contribution is 2.26. The first-order valence-electron chi connectivity index (χ1n) is 9.40. The van der Waals surface area contributed by atoms with E-state index in [0.29, 0.717) is 5.82 Å². The summed E-state index contributed by atoms with van der Waals surface area (Å²) in [5.41, 5.74) is 2.19. The van der Waals surface area contributed by atoms with Gasteiger partial charge in [0.15, 0.2) is 0 Å². The monoisotopic (exact) mass is 486 g/mol. The third-order valence-electron chi connectivity index (χ3n) is 4.37. The molecule has 8 heteroatoms. The lowest BCUT2D eigenvalue weighted by Gasteiger charge is -2.21. The maximum absolute atomic E-state index is 12.7. The topological polar surface area (TPSA) is 74.3 Å². The number of nitrogens with zero attached hydrogens (tertiary/aromatic N) is 2. The van der Waals surface area contributed by atoms with Crippen LogP contribution in [0.2, 0.25) is 0 Å². The molecule has 0 aliphatic carbocycles. The van der Waals surface area contributed by atoms with Crippen molar-refractivity contribution in [2.45, 2.75) is 13.0 Å². The molecular formula is C22H23BrN4O2S. The summed E-state index contributed by atoms with van der Waals surface area (Å²) >= 11 is 4.91. The molecule has 156 valence electrons. The van der Waals surface area contributed by atoms with Crippen LogP contribution < -0.4 is 10.6 Å². The zero-order valence-corrected chi connectivity index (χ0v) is 19.2. The van der Waals surface area contributed by atoms with Gasteiger partial charge >= 0.3 is 0 Å². The highest BCUT2D eigenvalue weighted by atomic mass is 79.9. The van der Waals surface area contributed by atoms with Crippen LogP contribution in [0.1, 0.15) is 22.0 Å². The number of carbonyl (C=O) groups excluding carboxylic acids is 2. The predicted molar refractivity (Wildman–Crippen MR) is 124 cm³/mol. The number of nitrogens with one attached hydrogen (secondary N) is 2. The van der Waals surface area contributed by atoms with Crippen LogP contribution in [0.5, 0.6) is 0 Å². The first kappa shape index (κ1) is 22.1. The minimum atomic E-state index is -0.228. The predicted octanol–water partition coefficient (Wildman–Crippen LogP) is 3.99. The van der Waals surface area contributed by atoms with E-state index in [0.717, 1.165) is 14.9 Å². The molecule has 2 amide bonds. The molecule has 1 atom stereocenters. The number of likely N-dealkylation sites (N-methyl/N-ethyl adjacent to an activating group) is 1. The normalized spacial score (nSPS) is 11.9. The minimum Gasteiger partial charge on any atom is -0.343 e. The quantitative estimate of drug-likeness (QED) is 0.504. The molecular weight excluding hydrogens is 464 g/mol. The fourth-order valence-corrected chi connectivity index (χ4v) is 3.96. The van der Waals surface area contributed by atoms with Crippen molar-refractivity contribution in [3.8, 4) is 0 Å². The third-order valence-corrected chi connectivity index (χ3v) is 5.77. The standard InChI is InChI=1S/C22H23BrN4O2S/c1-15-5-7-16(8-6-15)22(18-4-3-11-30-18)26-21(29)14-27(2)13-20(28)25-19-10-9-17(23)12-24-19/h3-12,22H,13-14H2,1-2H3,(H,26,29)(H,24,25,28). The van der Waals surface area contributed by atoms with Crippen molar-refractivity contribution in [1.82, 2.24) is 15.2 Å². The van der Waals surface area contributed by atoms with Crippen LogP contribution in [0.3, 0.4) is 0 Å². The molecule has 2 aromatic heterocycles. The second-order valence-electron chi connectivity index (χ2n) is 7.01. The van der Waals surface area contributed by atoms with E-state index in [4.69, 9.17) is 0 Å². The Hall–Kier alpha value is -2.55. The van der Waals surface area contributed by atoms with Crippen molar-refractivity contribution in [2.24, 2.45) is 0 Å². The van der Waals surface area contributed by atoms with Gasteiger partial charge in [0, 0.05) is 15.5 Å². The van der Waals surface area contributed by atoms with Crippen LogP contribution in [0, 0.1) is 6.92 Å². The molecule has 2 heterocycles. The molecule has 0 bridgehead atoms. The summed E-state index contributed by atoms with van der Waals surface area (Å²) in [5, 5.41) is 7.82. The van der Waals surface area contributed by atoms with Crippen LogP contribution >= 0.6 is 27.3 Å². The summed E-state index contributed by atoms with van der Waals surface area (Å²) in [5.74, 6) is 0.0951. The first-order valence-corrected chi connectivity index (χ1v) is 11.1. The molecule has 0 saturated heterocycles. The molecule has 3 aromatic rings. The van der Waals surface area contributed by atoms with E-state index in [1.807, 2.05) is 48.7 Å². The molecule has 0 saturated carbocycles. The number of hydrogen-bond donors (Lipinski definition) is 2. The van der Waals surface area contributed by atoms with Gasteiger partial charge in [-0.3, -0.25) is 14.5 Å². The lowest BCUT2D eigenvalue weighted by molar-refractivity contribution is -0.123. The highest BCUT2D eigenvalue weighted by molar-refractivity contribution is 9.10. The summed E-state index contributed by atoms with van der Waals surface area (Å²) in [6, 6.07) is 15.4. The molecule has 0 radical (unpaired) electrons. The Labute approximate surface area is 188 Å². The van der Waals surface area contributed by atoms with Crippen molar-refractivity contribution in [2.75, 3.05) is 25.5 Å². The molecule has 30 heavy (non-hydrogen) atoms. The number of halogens is 1. The molecule has 2 N–H and O–H groups in total. The smallest absolute Gasteiger partial charge is 0.239 e. The molecule has 3 rings (SSSR count). The van der Waals surface area contributed by atoms with Crippen LogP contribution in [0.25, 0.3) is 0 Å². The minimum absolute atomic E-state index is 0.0827. The lowest BCUT2D eigenvalue weighted by atomic mass is 10.0. The van der Waals surface area contributed by atoms with E-state index >= 15 is 0 Å². The number of anilines is 1. The van der Waals surface area contributed by atoms with Crippen LogP contribution in [0.4, 0.5) is 5.82 Å². The average molecular weight is 487 g/mol. The Balaban J connectivity index is 1.57. The number of rotatable bonds is 8. The Bertz CT molecular complexity index is 975. The van der Waals surface area contributed by atoms with Gasteiger partial charge in [0.05, 0.1) is 19.1 Å². The molecule has 1 unspecified atom stereocenters. The van der Waals surface area contributed by atoms with Gasteiger partial charge in [-0.05, 0) is 59.0 Å². The maximum atomic E-state index is 12.7. The van der Waals surface area contributed by atoms with E-state index < -0.39 is 0 Å². The number of amides is 2. The van der Waals surface area contributed by atoms with E-state index in [2.05, 4.69) is 31.5 Å². The van der Waals surface area contributed by atoms with Crippen LogP contribution in [0.15, 0.2) is 64.6 Å². The largest absolute Gasteiger partial charge is 0.343 e. The summed E-state index contributed by atoms with van der Waals surface area (Å²) in [7, 11) is 1.74. The summed E-state index contributed by atoms with van der Waals surface area (Å²) < 4.78 is 0.836. The number of pyridine rings is 1. The molecule has 6 nitrogen and oxygen atoms in total. The fourth-order valence-electron chi connectivity index (χ4n) is 2.92. The van der Waals surface area contributed by atoms with Gasteiger partial charge in [-0.2, -0.15) is 0 Å². The SMILES string of the molecule is Cc1ccc(C(NC(=O)CN(C)CC(=O)Nc2ccc(Br)cn2)c2cccs2)cc1. The van der Waals surface area contributed by atoms with Gasteiger partial charge in [-0.15, -0.1) is 11.3 Å². The van der Waals surface area contributed by atoms with Crippen molar-refractivity contribution in [3.05, 3.63) is 80.6 Å². The summed E-state index contributed by atoms with van der Waals surface area (Å²) in [6.45, 7) is 2.22. The van der Waals surface area contributed by atoms with E-state index in [-0.39, 0.29) is 30.9 Å². The van der Waals surface area contributed by atoms with Crippen molar-refractivity contribution >= 4 is 44.9 Å². The van der Waals surface area contributed by atoms with Gasteiger partial charge < -0.3 is 10.6 Å². The zero-order valence-electron chi connectivity index (χ0n) is 16.8. The molecule has 0 fully saturated rings. The highest BCUT2D eigenvalue weighted by Gasteiger charge is 2.19. The van der Waals surface area contributed by atoms with Gasteiger partial charge in [0.1, 0.15) is 5.82 Å². The van der Waals surface area contributed by atoms with Crippen molar-refractivity contribution < 1.29 is 9.59 Å². The van der Waals surface area contributed by atoms with Gasteiger partial charge in [-0.1, -0.05) is 35.9 Å². The summed E-state index contributed by atoms with van der Waals surface area (Å²) in [6.07, 6.45) is 1.61. The number of hydrogen-bond acceptors (Lipinski definition) is 5. The lowest BCUT2D eigenvalue weighted by Crippen LogP contribution is -2.40. The van der Waals surface area contributed by atoms with Gasteiger partial charge in [-0.25, -0.2) is 4.98 Å². The number of thiophene rings is 1. The Morgan fingerprint density at radius 3 is 2.47 bits per heavy atom. The van der Waals surface area contributed by atoms with Crippen molar-refractivity contribution in [1.29, 1.82) is 0 Å². The average Bonchev–Trinajstić information content (AvgIpc) is 3.23.